The monoisotopic (exact) mass is 344 g/mol. The van der Waals surface area contributed by atoms with Gasteiger partial charge in [-0.3, -0.25) is 4.98 Å². The predicted molar refractivity (Wildman–Crippen MR) is 96.3 cm³/mol. The van der Waals surface area contributed by atoms with Crippen molar-refractivity contribution in [2.24, 2.45) is 0 Å². The van der Waals surface area contributed by atoms with Gasteiger partial charge in [0.25, 0.3) is 0 Å². The van der Waals surface area contributed by atoms with Crippen LogP contribution in [-0.2, 0) is 0 Å². The van der Waals surface area contributed by atoms with Crippen molar-refractivity contribution in [3.8, 4) is 23.3 Å². The van der Waals surface area contributed by atoms with Crippen LogP contribution in [0, 0.1) is 22.7 Å². The molecule has 0 aliphatic carbocycles. The van der Waals surface area contributed by atoms with Gasteiger partial charge in [0.15, 0.2) is 0 Å². The second-order valence-corrected chi connectivity index (χ2v) is 6.06. The molecule has 0 bridgehead atoms. The van der Waals surface area contributed by atoms with Gasteiger partial charge >= 0.3 is 0 Å². The number of hydrogen-bond acceptors (Lipinski definition) is 7. The summed E-state index contributed by atoms with van der Waals surface area (Å²) in [5.74, 6) is 0.0744. The highest BCUT2D eigenvalue weighted by Gasteiger charge is 2.21. The van der Waals surface area contributed by atoms with E-state index in [1.54, 1.807) is 30.6 Å². The summed E-state index contributed by atoms with van der Waals surface area (Å²) in [4.78, 5) is 8.99. The Morgan fingerprint density at radius 1 is 0.920 bits per heavy atom. The average molecular weight is 344 g/mol. The first-order chi connectivity index (χ1) is 12.2. The van der Waals surface area contributed by atoms with E-state index >= 15 is 0 Å². The summed E-state index contributed by atoms with van der Waals surface area (Å²) in [6.07, 6.45) is 3.19. The molecule has 120 valence electrons. The molecule has 0 aliphatic heterocycles. The Balaban J connectivity index is 2.25. The molecule has 0 aliphatic rings. The lowest BCUT2D eigenvalue weighted by atomic mass is 9.98. The van der Waals surface area contributed by atoms with Crippen LogP contribution in [0.1, 0.15) is 11.1 Å². The van der Waals surface area contributed by atoms with Gasteiger partial charge in [0.2, 0.25) is 0 Å². The van der Waals surface area contributed by atoms with Gasteiger partial charge in [-0.25, -0.2) is 4.98 Å². The minimum atomic E-state index is 0.0744. The van der Waals surface area contributed by atoms with Crippen LogP contribution in [0.2, 0.25) is 0 Å². The molecule has 3 rings (SSSR count). The molecule has 25 heavy (non-hydrogen) atoms. The molecule has 0 amide bonds. The fourth-order valence-electron chi connectivity index (χ4n) is 2.36. The minimum Gasteiger partial charge on any atom is -0.398 e. The third kappa shape index (κ3) is 3.09. The number of aromatic nitrogens is 2. The molecule has 0 saturated carbocycles. The lowest BCUT2D eigenvalue weighted by Crippen LogP contribution is -2.03. The third-order valence-corrected chi connectivity index (χ3v) is 4.59. The summed E-state index contributed by atoms with van der Waals surface area (Å²) in [6, 6.07) is 14.9. The van der Waals surface area contributed by atoms with E-state index in [1.165, 1.54) is 11.8 Å². The van der Waals surface area contributed by atoms with E-state index in [4.69, 9.17) is 11.5 Å². The maximum Gasteiger partial charge on any atom is 0.143 e. The zero-order valence-corrected chi connectivity index (χ0v) is 13.8. The van der Waals surface area contributed by atoms with Crippen LogP contribution in [0.25, 0.3) is 11.1 Å². The first-order valence-electron chi connectivity index (χ1n) is 7.22. The van der Waals surface area contributed by atoms with Crippen LogP contribution in [0.15, 0.2) is 58.7 Å². The second kappa shape index (κ2) is 6.91. The number of nitrogen functional groups attached to an aromatic ring is 2. The van der Waals surface area contributed by atoms with E-state index in [0.717, 1.165) is 4.90 Å². The highest BCUT2D eigenvalue weighted by molar-refractivity contribution is 7.99. The Bertz CT molecular complexity index is 1020. The molecule has 1 aromatic carbocycles. The normalized spacial score (nSPS) is 10.0. The van der Waals surface area contributed by atoms with Crippen LogP contribution in [0.3, 0.4) is 0 Å². The summed E-state index contributed by atoms with van der Waals surface area (Å²) in [6.45, 7) is 0. The summed E-state index contributed by atoms with van der Waals surface area (Å²) < 4.78 is 0. The standard InChI is InChI=1S/C18H12N6S/c19-9-12-16(11-5-7-23-8-6-11)13(10-20)18(24-17(12)22)25-15-4-2-1-3-14(15)21/h1-8H,21H2,(H2,22,24). The second-order valence-electron chi connectivity index (χ2n) is 5.03. The maximum atomic E-state index is 9.72. The first-order valence-corrected chi connectivity index (χ1v) is 8.03. The van der Waals surface area contributed by atoms with Crippen LogP contribution in [0.5, 0.6) is 0 Å². The van der Waals surface area contributed by atoms with Crippen molar-refractivity contribution in [3.63, 3.8) is 0 Å². The molecule has 6 nitrogen and oxygen atoms in total. The predicted octanol–water partition coefficient (Wildman–Crippen LogP) is 3.20. The van der Waals surface area contributed by atoms with Gasteiger partial charge in [-0.15, -0.1) is 0 Å². The number of nitrogens with zero attached hydrogens (tertiary/aromatic N) is 4. The molecular formula is C18H12N6S. The Morgan fingerprint density at radius 2 is 1.60 bits per heavy atom. The van der Waals surface area contributed by atoms with E-state index in [-0.39, 0.29) is 16.9 Å². The molecule has 0 unspecified atom stereocenters. The van der Waals surface area contributed by atoms with Gasteiger partial charge in [-0.1, -0.05) is 23.9 Å². The lowest BCUT2D eigenvalue weighted by Gasteiger charge is -2.13. The molecule has 4 N–H and O–H groups in total. The van der Waals surface area contributed by atoms with E-state index in [2.05, 4.69) is 16.0 Å². The van der Waals surface area contributed by atoms with Crippen molar-refractivity contribution in [2.45, 2.75) is 9.92 Å². The van der Waals surface area contributed by atoms with Gasteiger partial charge in [0.1, 0.15) is 28.5 Å². The molecule has 0 saturated heterocycles. The molecular weight excluding hydrogens is 332 g/mol. The smallest absolute Gasteiger partial charge is 0.143 e. The van der Waals surface area contributed by atoms with Gasteiger partial charge < -0.3 is 11.5 Å². The van der Waals surface area contributed by atoms with Crippen LogP contribution >= 0.6 is 11.8 Å². The fourth-order valence-corrected chi connectivity index (χ4v) is 3.29. The largest absolute Gasteiger partial charge is 0.398 e. The summed E-state index contributed by atoms with van der Waals surface area (Å²) in [7, 11) is 0. The van der Waals surface area contributed by atoms with E-state index in [1.807, 2.05) is 24.3 Å². The van der Waals surface area contributed by atoms with Gasteiger partial charge in [-0.2, -0.15) is 10.5 Å². The zero-order valence-electron chi connectivity index (χ0n) is 13.0. The molecule has 0 spiro atoms. The van der Waals surface area contributed by atoms with Crippen molar-refractivity contribution in [3.05, 3.63) is 59.9 Å². The lowest BCUT2D eigenvalue weighted by molar-refractivity contribution is 1.11. The molecule has 0 fully saturated rings. The number of para-hydroxylation sites is 1. The number of hydrogen-bond donors (Lipinski definition) is 2. The molecule has 7 heteroatoms. The van der Waals surface area contributed by atoms with Crippen molar-refractivity contribution in [2.75, 3.05) is 11.5 Å². The number of anilines is 2. The topological polar surface area (TPSA) is 125 Å². The zero-order chi connectivity index (χ0) is 17.8. The maximum absolute atomic E-state index is 9.72. The Labute approximate surface area is 148 Å². The quantitative estimate of drug-likeness (QED) is 0.699. The van der Waals surface area contributed by atoms with E-state index < -0.39 is 0 Å². The number of nitriles is 2. The highest BCUT2D eigenvalue weighted by atomic mass is 32.2. The number of pyridine rings is 2. The van der Waals surface area contributed by atoms with Crippen LogP contribution in [0.4, 0.5) is 11.5 Å². The Morgan fingerprint density at radius 3 is 2.24 bits per heavy atom. The van der Waals surface area contributed by atoms with Crippen molar-refractivity contribution in [1.29, 1.82) is 10.5 Å². The number of benzene rings is 1. The van der Waals surface area contributed by atoms with Crippen molar-refractivity contribution in [1.82, 2.24) is 9.97 Å². The average Bonchev–Trinajstić information content (AvgIpc) is 2.64. The Hall–Kier alpha value is -3.55. The van der Waals surface area contributed by atoms with Gasteiger partial charge in [0.05, 0.1) is 5.56 Å². The van der Waals surface area contributed by atoms with Crippen molar-refractivity contribution < 1.29 is 0 Å². The van der Waals surface area contributed by atoms with Crippen LogP contribution in [-0.4, -0.2) is 9.97 Å². The first kappa shape index (κ1) is 16.3. The molecule has 0 atom stereocenters. The molecule has 3 aromatic rings. The van der Waals surface area contributed by atoms with E-state index in [0.29, 0.717) is 21.8 Å². The molecule has 2 aromatic heterocycles. The Kier molecular flexibility index (Phi) is 4.51. The van der Waals surface area contributed by atoms with E-state index in [9.17, 15) is 10.5 Å². The number of nitrogens with two attached hydrogens (primary N) is 2. The SMILES string of the molecule is N#Cc1c(N)nc(Sc2ccccc2N)c(C#N)c1-c1ccncc1. The fraction of sp³-hybridized carbons (Fsp3) is 0. The number of rotatable bonds is 3. The summed E-state index contributed by atoms with van der Waals surface area (Å²) >= 11 is 1.24. The summed E-state index contributed by atoms with van der Waals surface area (Å²) in [5, 5.41) is 19.6. The van der Waals surface area contributed by atoms with Crippen molar-refractivity contribution >= 4 is 23.3 Å². The van der Waals surface area contributed by atoms with Gasteiger partial charge in [0, 0.05) is 28.5 Å². The highest BCUT2D eigenvalue weighted by Crippen LogP contribution is 2.39. The summed E-state index contributed by atoms with van der Waals surface area (Å²) in [5.41, 5.74) is 14.1. The molecule has 2 heterocycles. The third-order valence-electron chi connectivity index (χ3n) is 3.51. The molecule has 0 radical (unpaired) electrons. The van der Waals surface area contributed by atoms with Crippen LogP contribution < -0.4 is 11.5 Å². The minimum absolute atomic E-state index is 0.0744. The van der Waals surface area contributed by atoms with Gasteiger partial charge in [-0.05, 0) is 29.8 Å².